The average Bonchev–Trinajstić information content (AvgIpc) is 3.34. The van der Waals surface area contributed by atoms with Crippen molar-refractivity contribution in [1.29, 1.82) is 0 Å². The lowest BCUT2D eigenvalue weighted by molar-refractivity contribution is -0.121. The Bertz CT molecular complexity index is 1290. The molecule has 2 atom stereocenters. The quantitative estimate of drug-likeness (QED) is 0.482. The second kappa shape index (κ2) is 9.07. The summed E-state index contributed by atoms with van der Waals surface area (Å²) in [6, 6.07) is 15.3. The standard InChI is InChI=1S/C25H24FN5O2/c1-16(24(32)28-22-11-3-10-21-20(22)9-4-12-27-21)31-13-5-7-18(15-31)25-29-23(30-33-25)17-6-2-8-19(26)14-17/h2-4,6,8-12,14,16,18H,5,7,13,15H2,1H3,(H,28,32). The van der Waals surface area contributed by atoms with Crippen molar-refractivity contribution in [2.24, 2.45) is 0 Å². The number of amides is 1. The molecule has 33 heavy (non-hydrogen) atoms. The molecule has 0 aliphatic carbocycles. The molecule has 7 nitrogen and oxygen atoms in total. The maximum atomic E-state index is 13.5. The van der Waals surface area contributed by atoms with E-state index in [1.165, 1.54) is 12.1 Å². The van der Waals surface area contributed by atoms with Gasteiger partial charge >= 0.3 is 0 Å². The Morgan fingerprint density at radius 2 is 2.09 bits per heavy atom. The van der Waals surface area contributed by atoms with Crippen molar-refractivity contribution < 1.29 is 13.7 Å². The van der Waals surface area contributed by atoms with Crippen LogP contribution >= 0.6 is 0 Å². The second-order valence-electron chi connectivity index (χ2n) is 8.34. The second-order valence-corrected chi connectivity index (χ2v) is 8.34. The first-order chi connectivity index (χ1) is 16.1. The van der Waals surface area contributed by atoms with Crippen LogP contribution in [-0.4, -0.2) is 45.1 Å². The average molecular weight is 445 g/mol. The fourth-order valence-corrected chi connectivity index (χ4v) is 4.32. The summed E-state index contributed by atoms with van der Waals surface area (Å²) in [6.45, 7) is 3.36. The van der Waals surface area contributed by atoms with Crippen LogP contribution in [0.25, 0.3) is 22.3 Å². The predicted molar refractivity (Wildman–Crippen MR) is 123 cm³/mol. The highest BCUT2D eigenvalue weighted by Crippen LogP contribution is 2.29. The highest BCUT2D eigenvalue weighted by atomic mass is 19.1. The molecule has 1 N–H and O–H groups in total. The van der Waals surface area contributed by atoms with Crippen molar-refractivity contribution >= 4 is 22.5 Å². The third-order valence-electron chi connectivity index (χ3n) is 6.16. The summed E-state index contributed by atoms with van der Waals surface area (Å²) in [5, 5.41) is 8.01. The molecule has 2 aromatic carbocycles. The highest BCUT2D eigenvalue weighted by Gasteiger charge is 2.31. The van der Waals surface area contributed by atoms with Gasteiger partial charge in [-0.25, -0.2) is 4.39 Å². The molecule has 0 saturated carbocycles. The van der Waals surface area contributed by atoms with Gasteiger partial charge in [0.05, 0.1) is 23.2 Å². The van der Waals surface area contributed by atoms with Crippen LogP contribution in [0, 0.1) is 5.82 Å². The number of nitrogens with zero attached hydrogens (tertiary/aromatic N) is 4. The van der Waals surface area contributed by atoms with Crippen molar-refractivity contribution in [2.45, 2.75) is 31.7 Å². The highest BCUT2D eigenvalue weighted by molar-refractivity contribution is 6.02. The fourth-order valence-electron chi connectivity index (χ4n) is 4.32. The van der Waals surface area contributed by atoms with Gasteiger partial charge in [0, 0.05) is 23.7 Å². The van der Waals surface area contributed by atoms with E-state index < -0.39 is 0 Å². The van der Waals surface area contributed by atoms with E-state index in [1.807, 2.05) is 37.3 Å². The summed E-state index contributed by atoms with van der Waals surface area (Å²) in [4.78, 5) is 24.1. The van der Waals surface area contributed by atoms with Gasteiger partial charge in [-0.2, -0.15) is 4.98 Å². The predicted octanol–water partition coefficient (Wildman–Crippen LogP) is 4.63. The normalized spacial score (nSPS) is 17.7. The van der Waals surface area contributed by atoms with Crippen LogP contribution in [-0.2, 0) is 4.79 Å². The molecule has 1 amide bonds. The molecule has 1 aliphatic heterocycles. The summed E-state index contributed by atoms with van der Waals surface area (Å²) in [5.74, 6) is 0.497. The smallest absolute Gasteiger partial charge is 0.241 e. The zero-order valence-electron chi connectivity index (χ0n) is 18.2. The van der Waals surface area contributed by atoms with Crippen LogP contribution in [0.1, 0.15) is 31.6 Å². The first-order valence-electron chi connectivity index (χ1n) is 11.1. The van der Waals surface area contributed by atoms with Gasteiger partial charge in [-0.15, -0.1) is 0 Å². The van der Waals surface area contributed by atoms with Gasteiger partial charge in [-0.05, 0) is 62.7 Å². The minimum atomic E-state index is -0.343. The van der Waals surface area contributed by atoms with Gasteiger partial charge in [0.15, 0.2) is 0 Å². The number of pyridine rings is 1. The number of carbonyl (C=O) groups is 1. The maximum absolute atomic E-state index is 13.5. The van der Waals surface area contributed by atoms with E-state index in [9.17, 15) is 9.18 Å². The van der Waals surface area contributed by atoms with E-state index in [-0.39, 0.29) is 23.7 Å². The lowest BCUT2D eigenvalue weighted by Gasteiger charge is -2.34. The number of hydrogen-bond donors (Lipinski definition) is 1. The number of likely N-dealkylation sites (tertiary alicyclic amines) is 1. The summed E-state index contributed by atoms with van der Waals surface area (Å²) in [7, 11) is 0. The SMILES string of the molecule is CC(C(=O)Nc1cccc2ncccc12)N1CCCC(c2nc(-c3cccc(F)c3)no2)C1. The monoisotopic (exact) mass is 445 g/mol. The zero-order valence-corrected chi connectivity index (χ0v) is 18.2. The molecule has 1 aliphatic rings. The van der Waals surface area contributed by atoms with Crippen LogP contribution in [0.2, 0.25) is 0 Å². The first-order valence-corrected chi connectivity index (χ1v) is 11.1. The number of aromatic nitrogens is 3. The number of hydrogen-bond acceptors (Lipinski definition) is 6. The van der Waals surface area contributed by atoms with Crippen LogP contribution in [0.4, 0.5) is 10.1 Å². The zero-order chi connectivity index (χ0) is 22.8. The van der Waals surface area contributed by atoms with Gasteiger partial charge in [0.1, 0.15) is 5.82 Å². The number of benzene rings is 2. The van der Waals surface area contributed by atoms with E-state index in [0.717, 1.165) is 36.0 Å². The number of anilines is 1. The fraction of sp³-hybridized carbons (Fsp3) is 0.280. The Morgan fingerprint density at radius 1 is 1.21 bits per heavy atom. The molecule has 0 spiro atoms. The summed E-state index contributed by atoms with van der Waals surface area (Å²) in [5.41, 5.74) is 2.17. The third-order valence-corrected chi connectivity index (χ3v) is 6.16. The molecule has 3 heterocycles. The van der Waals surface area contributed by atoms with Crippen molar-refractivity contribution in [3.8, 4) is 11.4 Å². The molecule has 4 aromatic rings. The number of carbonyl (C=O) groups excluding carboxylic acids is 1. The molecule has 8 heteroatoms. The first kappa shape index (κ1) is 21.2. The Labute approximate surface area is 190 Å². The lowest BCUT2D eigenvalue weighted by Crippen LogP contribution is -2.46. The van der Waals surface area contributed by atoms with Crippen molar-refractivity contribution in [3.63, 3.8) is 0 Å². The van der Waals surface area contributed by atoms with Gasteiger partial charge in [0.2, 0.25) is 17.6 Å². The molecule has 2 unspecified atom stereocenters. The van der Waals surface area contributed by atoms with Crippen LogP contribution in [0.15, 0.2) is 65.3 Å². The summed E-state index contributed by atoms with van der Waals surface area (Å²) >= 11 is 0. The van der Waals surface area contributed by atoms with Crippen LogP contribution in [0.3, 0.4) is 0 Å². The van der Waals surface area contributed by atoms with E-state index in [0.29, 0.717) is 23.8 Å². The Balaban J connectivity index is 1.28. The molecule has 1 saturated heterocycles. The van der Waals surface area contributed by atoms with Crippen molar-refractivity contribution in [1.82, 2.24) is 20.0 Å². The molecular weight excluding hydrogens is 421 g/mol. The van der Waals surface area contributed by atoms with E-state index >= 15 is 0 Å². The van der Waals surface area contributed by atoms with Gasteiger partial charge in [-0.3, -0.25) is 14.7 Å². The number of rotatable bonds is 5. The Kier molecular flexibility index (Phi) is 5.83. The van der Waals surface area contributed by atoms with Crippen molar-refractivity contribution in [3.05, 3.63) is 72.5 Å². The third kappa shape index (κ3) is 4.47. The number of piperidine rings is 1. The Morgan fingerprint density at radius 3 is 2.97 bits per heavy atom. The van der Waals surface area contributed by atoms with Crippen molar-refractivity contribution in [2.75, 3.05) is 18.4 Å². The number of nitrogens with one attached hydrogen (secondary N) is 1. The van der Waals surface area contributed by atoms with E-state index in [4.69, 9.17) is 4.52 Å². The van der Waals surface area contributed by atoms with Crippen LogP contribution < -0.4 is 5.32 Å². The molecule has 168 valence electrons. The molecule has 0 radical (unpaired) electrons. The number of halogens is 1. The molecule has 2 aromatic heterocycles. The topological polar surface area (TPSA) is 84.2 Å². The number of fused-ring (bicyclic) bond motifs is 1. The molecular formula is C25H24FN5O2. The minimum Gasteiger partial charge on any atom is -0.339 e. The van der Waals surface area contributed by atoms with Gasteiger partial charge in [0.25, 0.3) is 0 Å². The maximum Gasteiger partial charge on any atom is 0.241 e. The van der Waals surface area contributed by atoms with E-state index in [2.05, 4.69) is 25.3 Å². The Hall–Kier alpha value is -3.65. The van der Waals surface area contributed by atoms with E-state index in [1.54, 1.807) is 18.3 Å². The minimum absolute atomic E-state index is 0.0190. The summed E-state index contributed by atoms with van der Waals surface area (Å²) < 4.78 is 19.1. The molecule has 5 rings (SSSR count). The largest absolute Gasteiger partial charge is 0.339 e. The molecule has 1 fully saturated rings. The van der Waals surface area contributed by atoms with Gasteiger partial charge < -0.3 is 9.84 Å². The summed E-state index contributed by atoms with van der Waals surface area (Å²) in [6.07, 6.45) is 3.55. The molecule has 0 bridgehead atoms. The van der Waals surface area contributed by atoms with Crippen LogP contribution in [0.5, 0.6) is 0 Å². The lowest BCUT2D eigenvalue weighted by atomic mass is 9.96. The van der Waals surface area contributed by atoms with Gasteiger partial charge in [-0.1, -0.05) is 23.4 Å².